The summed E-state index contributed by atoms with van der Waals surface area (Å²) in [6.07, 6.45) is -2.99. The van der Waals surface area contributed by atoms with Gasteiger partial charge in [-0.15, -0.1) is 0 Å². The van der Waals surface area contributed by atoms with E-state index in [0.717, 1.165) is 19.4 Å². The average Bonchev–Trinajstić information content (AvgIpc) is 2.46. The summed E-state index contributed by atoms with van der Waals surface area (Å²) in [6, 6.07) is 1.75. The van der Waals surface area contributed by atoms with Crippen molar-refractivity contribution >= 4 is 5.91 Å². The quantitative estimate of drug-likeness (QED) is 0.852. The van der Waals surface area contributed by atoms with Crippen molar-refractivity contribution in [1.29, 1.82) is 0 Å². The lowest BCUT2D eigenvalue weighted by atomic mass is 10.0. The van der Waals surface area contributed by atoms with Crippen LogP contribution in [0.1, 0.15) is 28.8 Å². The van der Waals surface area contributed by atoms with E-state index in [2.05, 4.69) is 5.32 Å². The van der Waals surface area contributed by atoms with Crippen molar-refractivity contribution in [2.75, 3.05) is 20.1 Å². The lowest BCUT2D eigenvalue weighted by molar-refractivity contribution is -0.137. The molecule has 1 aromatic rings. The molecule has 116 valence electrons. The fourth-order valence-corrected chi connectivity index (χ4v) is 2.39. The maximum Gasteiger partial charge on any atom is 0.416 e. The monoisotopic (exact) mass is 304 g/mol. The molecule has 1 heterocycles. The van der Waals surface area contributed by atoms with E-state index in [4.69, 9.17) is 0 Å². The Morgan fingerprint density at radius 3 is 2.67 bits per heavy atom. The van der Waals surface area contributed by atoms with Gasteiger partial charge in [0.15, 0.2) is 0 Å². The van der Waals surface area contributed by atoms with Crippen LogP contribution in [0.4, 0.5) is 17.6 Å². The minimum atomic E-state index is -4.60. The summed E-state index contributed by atoms with van der Waals surface area (Å²) in [5, 5.41) is 3.10. The number of piperidine rings is 1. The predicted octanol–water partition coefficient (Wildman–Crippen LogP) is 2.67. The molecule has 1 aromatic carbocycles. The van der Waals surface area contributed by atoms with Gasteiger partial charge >= 0.3 is 6.18 Å². The topological polar surface area (TPSA) is 32.3 Å². The molecule has 1 saturated heterocycles. The molecular formula is C14H16F4N2O. The van der Waals surface area contributed by atoms with Gasteiger partial charge in [-0.1, -0.05) is 0 Å². The van der Waals surface area contributed by atoms with Crippen molar-refractivity contribution in [3.8, 4) is 0 Å². The number of benzene rings is 1. The van der Waals surface area contributed by atoms with Gasteiger partial charge in [-0.25, -0.2) is 4.39 Å². The molecule has 1 atom stereocenters. The van der Waals surface area contributed by atoms with Crippen molar-refractivity contribution < 1.29 is 22.4 Å². The van der Waals surface area contributed by atoms with E-state index in [0.29, 0.717) is 24.7 Å². The van der Waals surface area contributed by atoms with Gasteiger partial charge in [0.25, 0.3) is 5.91 Å². The maximum absolute atomic E-state index is 13.7. The Kier molecular flexibility index (Phi) is 4.51. The largest absolute Gasteiger partial charge is 0.416 e. The zero-order valence-electron chi connectivity index (χ0n) is 11.5. The number of carbonyl (C=O) groups excluding carboxylic acids is 1. The standard InChI is InChI=1S/C14H16F4N2O/c1-20(10-3-2-6-19-8-10)13(21)11-7-9(14(16,17)18)4-5-12(11)15/h4-5,7,10,19H,2-3,6,8H2,1H3. The molecule has 1 aliphatic heterocycles. The van der Waals surface area contributed by atoms with Gasteiger partial charge in [-0.05, 0) is 37.6 Å². The Balaban J connectivity index is 2.25. The van der Waals surface area contributed by atoms with Gasteiger partial charge in [-0.2, -0.15) is 13.2 Å². The molecule has 0 spiro atoms. The molecule has 3 nitrogen and oxygen atoms in total. The van der Waals surface area contributed by atoms with E-state index in [1.165, 1.54) is 11.9 Å². The molecule has 1 amide bonds. The summed E-state index contributed by atoms with van der Waals surface area (Å²) in [7, 11) is 1.49. The second-order valence-corrected chi connectivity index (χ2v) is 5.11. The van der Waals surface area contributed by atoms with Crippen LogP contribution in [-0.4, -0.2) is 37.0 Å². The SMILES string of the molecule is CN(C(=O)c1cc(C(F)(F)F)ccc1F)C1CCCNC1. The molecule has 0 aromatic heterocycles. The first-order valence-corrected chi connectivity index (χ1v) is 6.65. The highest BCUT2D eigenvalue weighted by Crippen LogP contribution is 2.30. The molecule has 1 N–H and O–H groups in total. The summed E-state index contributed by atoms with van der Waals surface area (Å²) in [5.74, 6) is -1.67. The van der Waals surface area contributed by atoms with Crippen LogP contribution >= 0.6 is 0 Å². The highest BCUT2D eigenvalue weighted by atomic mass is 19.4. The number of nitrogens with one attached hydrogen (secondary N) is 1. The van der Waals surface area contributed by atoms with Gasteiger partial charge in [0.2, 0.25) is 0 Å². The van der Waals surface area contributed by atoms with Gasteiger partial charge in [0.05, 0.1) is 11.1 Å². The van der Waals surface area contributed by atoms with Crippen LogP contribution < -0.4 is 5.32 Å². The van der Waals surface area contributed by atoms with E-state index in [1.54, 1.807) is 0 Å². The third kappa shape index (κ3) is 3.53. The third-order valence-corrected chi connectivity index (χ3v) is 3.66. The molecular weight excluding hydrogens is 288 g/mol. The number of rotatable bonds is 2. The molecule has 2 rings (SSSR count). The number of likely N-dealkylation sites (N-methyl/N-ethyl adjacent to an activating group) is 1. The van der Waals surface area contributed by atoms with Crippen molar-refractivity contribution in [3.63, 3.8) is 0 Å². The number of hydrogen-bond donors (Lipinski definition) is 1. The smallest absolute Gasteiger partial charge is 0.337 e. The van der Waals surface area contributed by atoms with Crippen LogP contribution in [0.25, 0.3) is 0 Å². The summed E-state index contributed by atoms with van der Waals surface area (Å²) < 4.78 is 51.7. The molecule has 0 radical (unpaired) electrons. The number of hydrogen-bond acceptors (Lipinski definition) is 2. The minimum absolute atomic E-state index is 0.139. The highest BCUT2D eigenvalue weighted by molar-refractivity contribution is 5.94. The minimum Gasteiger partial charge on any atom is -0.337 e. The van der Waals surface area contributed by atoms with Crippen LogP contribution in [0, 0.1) is 5.82 Å². The van der Waals surface area contributed by atoms with Crippen LogP contribution in [0.2, 0.25) is 0 Å². The van der Waals surface area contributed by atoms with E-state index in [-0.39, 0.29) is 6.04 Å². The molecule has 0 saturated carbocycles. The Morgan fingerprint density at radius 1 is 1.38 bits per heavy atom. The first-order valence-electron chi connectivity index (χ1n) is 6.65. The number of carbonyl (C=O) groups is 1. The third-order valence-electron chi connectivity index (χ3n) is 3.66. The van der Waals surface area contributed by atoms with Gasteiger partial charge in [0, 0.05) is 19.6 Å². The summed E-state index contributed by atoms with van der Waals surface area (Å²) >= 11 is 0. The number of nitrogens with zero attached hydrogens (tertiary/aromatic N) is 1. The van der Waals surface area contributed by atoms with Crippen molar-refractivity contribution in [2.24, 2.45) is 0 Å². The van der Waals surface area contributed by atoms with Crippen molar-refractivity contribution in [3.05, 3.63) is 35.1 Å². The maximum atomic E-state index is 13.7. The van der Waals surface area contributed by atoms with Gasteiger partial charge < -0.3 is 10.2 Å². The first-order chi connectivity index (χ1) is 9.80. The Morgan fingerprint density at radius 2 is 2.10 bits per heavy atom. The summed E-state index contributed by atoms with van der Waals surface area (Å²) in [6.45, 7) is 1.40. The molecule has 1 aliphatic rings. The molecule has 21 heavy (non-hydrogen) atoms. The number of halogens is 4. The molecule has 7 heteroatoms. The second kappa shape index (κ2) is 6.01. The van der Waals surface area contributed by atoms with Crippen molar-refractivity contribution in [2.45, 2.75) is 25.1 Å². The lowest BCUT2D eigenvalue weighted by Gasteiger charge is -2.32. The van der Waals surface area contributed by atoms with Crippen LogP contribution in [0.3, 0.4) is 0 Å². The molecule has 0 aliphatic carbocycles. The highest BCUT2D eigenvalue weighted by Gasteiger charge is 2.33. The fourth-order valence-electron chi connectivity index (χ4n) is 2.39. The summed E-state index contributed by atoms with van der Waals surface area (Å²) in [5.41, 5.74) is -1.57. The van der Waals surface area contributed by atoms with E-state index >= 15 is 0 Å². The van der Waals surface area contributed by atoms with E-state index in [9.17, 15) is 22.4 Å². The molecule has 1 unspecified atom stereocenters. The number of alkyl halides is 3. The zero-order valence-corrected chi connectivity index (χ0v) is 11.5. The van der Waals surface area contributed by atoms with Crippen LogP contribution in [0.15, 0.2) is 18.2 Å². The average molecular weight is 304 g/mol. The Hall–Kier alpha value is -1.63. The Bertz CT molecular complexity index is 524. The summed E-state index contributed by atoms with van der Waals surface area (Å²) in [4.78, 5) is 13.5. The Labute approximate surface area is 119 Å². The molecule has 1 fully saturated rings. The van der Waals surface area contributed by atoms with Crippen molar-refractivity contribution in [1.82, 2.24) is 10.2 Å². The lowest BCUT2D eigenvalue weighted by Crippen LogP contribution is -2.46. The van der Waals surface area contributed by atoms with Gasteiger partial charge in [-0.3, -0.25) is 4.79 Å². The van der Waals surface area contributed by atoms with Crippen LogP contribution in [0.5, 0.6) is 0 Å². The zero-order chi connectivity index (χ0) is 15.6. The predicted molar refractivity (Wildman–Crippen MR) is 69.4 cm³/mol. The van der Waals surface area contributed by atoms with E-state index in [1.807, 2.05) is 0 Å². The first kappa shape index (κ1) is 15.8. The van der Waals surface area contributed by atoms with E-state index < -0.39 is 29.0 Å². The van der Waals surface area contributed by atoms with Gasteiger partial charge in [0.1, 0.15) is 5.82 Å². The normalized spacial score (nSPS) is 19.4. The fraction of sp³-hybridized carbons (Fsp3) is 0.500. The van der Waals surface area contributed by atoms with Crippen LogP contribution in [-0.2, 0) is 6.18 Å². The number of amides is 1. The second-order valence-electron chi connectivity index (χ2n) is 5.11. The molecule has 0 bridgehead atoms.